The number of hydrogen-bond donors (Lipinski definition) is 1. The number of amides is 1. The second kappa shape index (κ2) is 9.62. The smallest absolute Gasteiger partial charge is 0.242 e. The molecule has 0 atom stereocenters. The monoisotopic (exact) mass is 422 g/mol. The first-order chi connectivity index (χ1) is 13.7. The second-order valence-electron chi connectivity index (χ2n) is 6.31. The minimum atomic E-state index is -3.73. The number of anilines is 1. The molecule has 29 heavy (non-hydrogen) atoms. The van der Waals surface area contributed by atoms with Crippen molar-refractivity contribution < 1.29 is 27.4 Å². The van der Waals surface area contributed by atoms with Gasteiger partial charge in [0.2, 0.25) is 15.9 Å². The maximum Gasteiger partial charge on any atom is 0.242 e. The van der Waals surface area contributed by atoms with Gasteiger partial charge < -0.3 is 19.5 Å². The molecular weight excluding hydrogens is 396 g/mol. The molecule has 0 radical (unpaired) electrons. The van der Waals surface area contributed by atoms with Gasteiger partial charge in [-0.05, 0) is 36.2 Å². The molecule has 9 heteroatoms. The molecule has 0 saturated heterocycles. The van der Waals surface area contributed by atoms with Crippen molar-refractivity contribution in [1.29, 1.82) is 0 Å². The summed E-state index contributed by atoms with van der Waals surface area (Å²) < 4.78 is 42.8. The summed E-state index contributed by atoms with van der Waals surface area (Å²) >= 11 is 0. The predicted octanol–water partition coefficient (Wildman–Crippen LogP) is 2.53. The number of ether oxygens (including phenoxy) is 3. The van der Waals surface area contributed by atoms with E-state index < -0.39 is 10.0 Å². The van der Waals surface area contributed by atoms with Gasteiger partial charge in [-0.15, -0.1) is 0 Å². The fourth-order valence-electron chi connectivity index (χ4n) is 2.75. The van der Waals surface area contributed by atoms with Crippen molar-refractivity contribution in [1.82, 2.24) is 4.31 Å². The third-order valence-corrected chi connectivity index (χ3v) is 6.21. The van der Waals surface area contributed by atoms with E-state index in [-0.39, 0.29) is 23.1 Å². The van der Waals surface area contributed by atoms with Crippen LogP contribution < -0.4 is 19.5 Å². The minimum absolute atomic E-state index is 0.0817. The highest BCUT2D eigenvalue weighted by atomic mass is 32.2. The van der Waals surface area contributed by atoms with Crippen LogP contribution in [0, 0.1) is 0 Å². The molecule has 0 fully saturated rings. The van der Waals surface area contributed by atoms with Gasteiger partial charge in [0.1, 0.15) is 5.75 Å². The van der Waals surface area contributed by atoms with Crippen LogP contribution in [0.1, 0.15) is 12.5 Å². The number of rotatable bonds is 9. The molecule has 0 heterocycles. The molecular formula is C20H26N2O6S. The van der Waals surface area contributed by atoms with Crippen LogP contribution in [0.2, 0.25) is 0 Å². The molecule has 0 aromatic heterocycles. The Kier molecular flexibility index (Phi) is 7.46. The first-order valence-corrected chi connectivity index (χ1v) is 10.3. The van der Waals surface area contributed by atoms with E-state index in [9.17, 15) is 13.2 Å². The molecule has 0 saturated carbocycles. The lowest BCUT2D eigenvalue weighted by molar-refractivity contribution is -0.114. The molecule has 2 aromatic rings. The van der Waals surface area contributed by atoms with Crippen molar-refractivity contribution in [2.45, 2.75) is 18.2 Å². The molecule has 1 amide bonds. The van der Waals surface area contributed by atoms with Crippen LogP contribution in [0.15, 0.2) is 41.3 Å². The summed E-state index contributed by atoms with van der Waals surface area (Å²) in [4.78, 5) is 11.3. The van der Waals surface area contributed by atoms with Crippen LogP contribution in [-0.4, -0.2) is 53.6 Å². The molecule has 0 aliphatic carbocycles. The highest BCUT2D eigenvalue weighted by Gasteiger charge is 2.22. The number of nitrogens with zero attached hydrogens (tertiary/aromatic N) is 1. The van der Waals surface area contributed by atoms with Gasteiger partial charge >= 0.3 is 0 Å². The van der Waals surface area contributed by atoms with Gasteiger partial charge in [-0.2, -0.15) is 0 Å². The predicted molar refractivity (Wildman–Crippen MR) is 110 cm³/mol. The maximum absolute atomic E-state index is 12.9. The van der Waals surface area contributed by atoms with E-state index in [2.05, 4.69) is 5.32 Å². The Morgan fingerprint density at radius 1 is 0.966 bits per heavy atom. The number of likely N-dealkylation sites (N-methyl/N-ethyl adjacent to an activating group) is 1. The Labute approximate surface area is 171 Å². The van der Waals surface area contributed by atoms with E-state index >= 15 is 0 Å². The Morgan fingerprint density at radius 3 is 2.21 bits per heavy atom. The lowest BCUT2D eigenvalue weighted by Gasteiger charge is -2.19. The summed E-state index contributed by atoms with van der Waals surface area (Å²) in [5.41, 5.74) is 1.33. The molecule has 0 unspecified atom stereocenters. The standard InChI is InChI=1S/C20H26N2O6S/c1-14(23)21-17-8-7-16(13-19(17)27-4)29(24,25)22(2)11-10-15-6-9-18(26-3)20(12-15)28-5/h6-9,12-13H,10-11H2,1-5H3,(H,21,23). The highest BCUT2D eigenvalue weighted by molar-refractivity contribution is 7.89. The summed E-state index contributed by atoms with van der Waals surface area (Å²) in [7, 11) is 2.31. The number of hydrogen-bond acceptors (Lipinski definition) is 6. The number of carbonyl (C=O) groups is 1. The average molecular weight is 423 g/mol. The molecule has 0 spiro atoms. The van der Waals surface area contributed by atoms with Crippen molar-refractivity contribution in [2.75, 3.05) is 40.2 Å². The topological polar surface area (TPSA) is 94.2 Å². The SMILES string of the molecule is COc1cc(S(=O)(=O)N(C)CCc2ccc(OC)c(OC)c2)ccc1NC(C)=O. The van der Waals surface area contributed by atoms with E-state index in [0.717, 1.165) is 5.56 Å². The maximum atomic E-state index is 12.9. The first-order valence-electron chi connectivity index (χ1n) is 8.85. The Hall–Kier alpha value is -2.78. The molecule has 2 aromatic carbocycles. The van der Waals surface area contributed by atoms with Gasteiger partial charge in [-0.25, -0.2) is 12.7 Å². The summed E-state index contributed by atoms with van der Waals surface area (Å²) in [6, 6.07) is 9.82. The van der Waals surface area contributed by atoms with Crippen molar-refractivity contribution in [2.24, 2.45) is 0 Å². The van der Waals surface area contributed by atoms with Gasteiger partial charge in [0.25, 0.3) is 0 Å². The highest BCUT2D eigenvalue weighted by Crippen LogP contribution is 2.30. The van der Waals surface area contributed by atoms with E-state index in [0.29, 0.717) is 23.6 Å². The molecule has 0 aliphatic rings. The lowest BCUT2D eigenvalue weighted by Crippen LogP contribution is -2.29. The van der Waals surface area contributed by atoms with Crippen LogP contribution >= 0.6 is 0 Å². The van der Waals surface area contributed by atoms with E-state index in [4.69, 9.17) is 14.2 Å². The first kappa shape index (κ1) is 22.5. The summed E-state index contributed by atoms with van der Waals surface area (Å²) in [6.45, 7) is 1.64. The van der Waals surface area contributed by atoms with E-state index in [1.165, 1.54) is 43.6 Å². The van der Waals surface area contributed by atoms with Gasteiger partial charge in [0.05, 0.1) is 31.9 Å². The zero-order valence-electron chi connectivity index (χ0n) is 17.2. The molecule has 8 nitrogen and oxygen atoms in total. The fourth-order valence-corrected chi connectivity index (χ4v) is 3.94. The molecule has 0 bridgehead atoms. The van der Waals surface area contributed by atoms with Crippen LogP contribution in [-0.2, 0) is 21.2 Å². The average Bonchev–Trinajstić information content (AvgIpc) is 2.71. The Morgan fingerprint density at radius 2 is 1.62 bits per heavy atom. The Bertz CT molecular complexity index is 975. The van der Waals surface area contributed by atoms with Gasteiger partial charge in [0.15, 0.2) is 11.5 Å². The lowest BCUT2D eigenvalue weighted by atomic mass is 10.1. The summed E-state index contributed by atoms with van der Waals surface area (Å²) in [5.74, 6) is 1.21. The van der Waals surface area contributed by atoms with Crippen molar-refractivity contribution in [3.63, 3.8) is 0 Å². The molecule has 2 rings (SSSR count). The van der Waals surface area contributed by atoms with Crippen molar-refractivity contribution >= 4 is 21.6 Å². The normalized spacial score (nSPS) is 11.2. The van der Waals surface area contributed by atoms with Gasteiger partial charge in [0, 0.05) is 26.6 Å². The zero-order chi connectivity index (χ0) is 21.6. The summed E-state index contributed by atoms with van der Waals surface area (Å²) in [5, 5.41) is 2.60. The fraction of sp³-hybridized carbons (Fsp3) is 0.350. The molecule has 1 N–H and O–H groups in total. The third kappa shape index (κ3) is 5.39. The number of benzene rings is 2. The van der Waals surface area contributed by atoms with Crippen LogP contribution in [0.5, 0.6) is 17.2 Å². The number of methoxy groups -OCH3 is 3. The summed E-state index contributed by atoms with van der Waals surface area (Å²) in [6.07, 6.45) is 0.497. The van der Waals surface area contributed by atoms with Crippen LogP contribution in [0.25, 0.3) is 0 Å². The van der Waals surface area contributed by atoms with Gasteiger partial charge in [-0.3, -0.25) is 4.79 Å². The molecule has 158 valence electrons. The van der Waals surface area contributed by atoms with E-state index in [1.807, 2.05) is 12.1 Å². The Balaban J connectivity index is 2.17. The van der Waals surface area contributed by atoms with Crippen molar-refractivity contribution in [3.05, 3.63) is 42.0 Å². The third-order valence-electron chi connectivity index (χ3n) is 4.36. The van der Waals surface area contributed by atoms with Crippen molar-refractivity contribution in [3.8, 4) is 17.2 Å². The molecule has 0 aliphatic heterocycles. The zero-order valence-corrected chi connectivity index (χ0v) is 18.0. The minimum Gasteiger partial charge on any atom is -0.495 e. The number of nitrogens with one attached hydrogen (secondary N) is 1. The van der Waals surface area contributed by atoms with Gasteiger partial charge in [-0.1, -0.05) is 6.07 Å². The quantitative estimate of drug-likeness (QED) is 0.667. The van der Waals surface area contributed by atoms with E-state index in [1.54, 1.807) is 20.3 Å². The number of sulfonamides is 1. The van der Waals surface area contributed by atoms with Crippen LogP contribution in [0.4, 0.5) is 5.69 Å². The van der Waals surface area contributed by atoms with Crippen LogP contribution in [0.3, 0.4) is 0 Å². The largest absolute Gasteiger partial charge is 0.495 e. The number of carbonyl (C=O) groups excluding carboxylic acids is 1. The second-order valence-corrected chi connectivity index (χ2v) is 8.35.